The molecule has 1 radical (unpaired) electrons. The minimum atomic E-state index is -0.482. The van der Waals surface area contributed by atoms with E-state index >= 15 is 0 Å². The molecule has 1 saturated heterocycles. The van der Waals surface area contributed by atoms with Gasteiger partial charge >= 0.3 is 0 Å². The summed E-state index contributed by atoms with van der Waals surface area (Å²) in [4.78, 5) is 0. The molecule has 0 aliphatic carbocycles. The Balaban J connectivity index is 2.43. The first-order chi connectivity index (χ1) is 3.64. The van der Waals surface area contributed by atoms with Crippen molar-refractivity contribution in [1.29, 1.82) is 0 Å². The van der Waals surface area contributed by atoms with E-state index in [0.29, 0.717) is 7.89 Å². The van der Waals surface area contributed by atoms with Crippen molar-refractivity contribution < 1.29 is 0 Å². The highest BCUT2D eigenvalue weighted by molar-refractivity contribution is 7.11. The van der Waals surface area contributed by atoms with Gasteiger partial charge in [0.2, 0.25) is 0 Å². The number of hydrogen-bond donors (Lipinski definition) is 0. The van der Waals surface area contributed by atoms with E-state index in [2.05, 4.69) is 19.6 Å². The fourth-order valence-corrected chi connectivity index (χ4v) is 23.3. The first-order valence-electron chi connectivity index (χ1n) is 3.16. The summed E-state index contributed by atoms with van der Waals surface area (Å²) in [6, 6.07) is 0. The molecule has 0 aromatic carbocycles. The molecule has 0 nitrogen and oxygen atoms in total. The molecular formula is C5H13Si3. The van der Waals surface area contributed by atoms with Crippen molar-refractivity contribution in [3.8, 4) is 0 Å². The van der Waals surface area contributed by atoms with Gasteiger partial charge in [0.25, 0.3) is 0 Å². The smallest absolute Gasteiger partial charge is 0.0477 e. The van der Waals surface area contributed by atoms with Crippen LogP contribution < -0.4 is 0 Å². The molecule has 1 heterocycles. The molecular weight excluding hydrogens is 144 g/mol. The second kappa shape index (κ2) is 2.11. The van der Waals surface area contributed by atoms with Crippen LogP contribution in [0.1, 0.15) is 0 Å². The van der Waals surface area contributed by atoms with Crippen LogP contribution in [0.2, 0.25) is 31.0 Å². The van der Waals surface area contributed by atoms with E-state index in [0.717, 1.165) is 0 Å². The molecule has 0 atom stereocenters. The Morgan fingerprint density at radius 2 is 1.88 bits per heavy atom. The Morgan fingerprint density at radius 3 is 2.00 bits per heavy atom. The van der Waals surface area contributed by atoms with E-state index in [1.807, 2.05) is 0 Å². The van der Waals surface area contributed by atoms with Gasteiger partial charge in [-0.25, -0.2) is 0 Å². The molecule has 0 saturated carbocycles. The summed E-state index contributed by atoms with van der Waals surface area (Å²) in [7, 11) is 1.13. The predicted molar refractivity (Wildman–Crippen MR) is 44.5 cm³/mol. The van der Waals surface area contributed by atoms with Crippen molar-refractivity contribution in [2.24, 2.45) is 0 Å². The van der Waals surface area contributed by atoms with Gasteiger partial charge in [0.1, 0.15) is 0 Å². The van der Waals surface area contributed by atoms with E-state index in [4.69, 9.17) is 0 Å². The van der Waals surface area contributed by atoms with Gasteiger partial charge in [-0.3, -0.25) is 0 Å². The maximum absolute atomic E-state index is 2.53. The zero-order valence-corrected chi connectivity index (χ0v) is 8.91. The van der Waals surface area contributed by atoms with Gasteiger partial charge in [-0.1, -0.05) is 31.0 Å². The SMILES string of the molecule is C[Si]=[Si]1C[Si](C)(C)C1. The van der Waals surface area contributed by atoms with Crippen LogP contribution >= 0.6 is 0 Å². The molecule has 0 aromatic rings. The molecule has 0 unspecified atom stereocenters. The largest absolute Gasteiger partial charge is 0.0694 e. The lowest BCUT2D eigenvalue weighted by Gasteiger charge is -2.34. The van der Waals surface area contributed by atoms with E-state index in [1.54, 1.807) is 11.3 Å². The summed E-state index contributed by atoms with van der Waals surface area (Å²) < 4.78 is 0. The number of hydrogen-bond acceptors (Lipinski definition) is 0. The van der Waals surface area contributed by atoms with Crippen molar-refractivity contribution in [3.05, 3.63) is 0 Å². The van der Waals surface area contributed by atoms with Gasteiger partial charge in [-0.05, 0) is 16.5 Å². The molecule has 0 aromatic heterocycles. The van der Waals surface area contributed by atoms with Crippen LogP contribution in [0.15, 0.2) is 0 Å². The molecule has 1 aliphatic heterocycles. The summed E-state index contributed by atoms with van der Waals surface area (Å²) in [5.74, 6) is 0. The fraction of sp³-hybridized carbons (Fsp3) is 1.00. The molecule has 1 rings (SSSR count). The van der Waals surface area contributed by atoms with E-state index in [1.165, 1.54) is 8.61 Å². The first kappa shape index (κ1) is 6.77. The second-order valence-electron chi connectivity index (χ2n) is 3.37. The summed E-state index contributed by atoms with van der Waals surface area (Å²) in [5, 5.41) is 0. The van der Waals surface area contributed by atoms with Gasteiger partial charge < -0.3 is 0 Å². The van der Waals surface area contributed by atoms with Crippen molar-refractivity contribution in [2.75, 3.05) is 0 Å². The maximum Gasteiger partial charge on any atom is 0.0477 e. The molecule has 1 aliphatic rings. The lowest BCUT2D eigenvalue weighted by molar-refractivity contribution is 1.46. The zero-order valence-electron chi connectivity index (χ0n) is 5.91. The quantitative estimate of drug-likeness (QED) is 0.468. The van der Waals surface area contributed by atoms with Crippen LogP contribution in [-0.4, -0.2) is 24.6 Å². The maximum atomic E-state index is 2.53. The lowest BCUT2D eigenvalue weighted by Crippen LogP contribution is -2.44. The van der Waals surface area contributed by atoms with Gasteiger partial charge in [-0.2, -0.15) is 0 Å². The van der Waals surface area contributed by atoms with Crippen molar-refractivity contribution in [3.63, 3.8) is 0 Å². The molecule has 8 heavy (non-hydrogen) atoms. The van der Waals surface area contributed by atoms with Crippen LogP contribution in [0.5, 0.6) is 0 Å². The highest BCUT2D eigenvalue weighted by atomic mass is 28.9. The minimum Gasteiger partial charge on any atom is -0.0694 e. The molecule has 1 fully saturated rings. The average Bonchev–Trinajstić information content (AvgIpc) is 1.60. The Bertz CT molecular complexity index is 116. The van der Waals surface area contributed by atoms with Crippen molar-refractivity contribution >= 4 is 24.6 Å². The summed E-state index contributed by atoms with van der Waals surface area (Å²) in [6.07, 6.45) is 0. The van der Waals surface area contributed by atoms with Gasteiger partial charge in [-0.15, -0.1) is 0 Å². The van der Waals surface area contributed by atoms with Crippen LogP contribution in [0, 0.1) is 0 Å². The molecule has 0 bridgehead atoms. The van der Waals surface area contributed by atoms with E-state index < -0.39 is 8.07 Å². The van der Waals surface area contributed by atoms with Gasteiger partial charge in [0.15, 0.2) is 0 Å². The third-order valence-electron chi connectivity index (χ3n) is 1.74. The minimum absolute atomic E-state index is 0.295. The molecule has 45 valence electrons. The molecule has 0 amide bonds. The topological polar surface area (TPSA) is 0 Å². The summed E-state index contributed by atoms with van der Waals surface area (Å²) in [6.45, 7) is 7.44. The Hall–Kier alpha value is 0.651. The Morgan fingerprint density at radius 1 is 1.38 bits per heavy atom. The predicted octanol–water partition coefficient (Wildman–Crippen LogP) is 1.53. The van der Waals surface area contributed by atoms with Crippen molar-refractivity contribution in [2.45, 2.75) is 31.0 Å². The van der Waals surface area contributed by atoms with Gasteiger partial charge in [0, 0.05) is 8.07 Å². The highest BCUT2D eigenvalue weighted by Crippen LogP contribution is 2.26. The standard InChI is InChI=1S/C5H13Si3/c1-6-7-4-8(2,3)5-7/h4-5H2,1-3H3. The lowest BCUT2D eigenvalue weighted by atomic mass is 11.7. The van der Waals surface area contributed by atoms with Crippen LogP contribution in [0.4, 0.5) is 0 Å². The van der Waals surface area contributed by atoms with Crippen molar-refractivity contribution in [1.82, 2.24) is 0 Å². The zero-order chi connectivity index (χ0) is 6.20. The van der Waals surface area contributed by atoms with E-state index in [9.17, 15) is 0 Å². The molecule has 0 N–H and O–H groups in total. The number of rotatable bonds is 0. The summed E-state index contributed by atoms with van der Waals surface area (Å²) >= 11 is 0. The Kier molecular flexibility index (Phi) is 1.79. The van der Waals surface area contributed by atoms with Crippen LogP contribution in [0.3, 0.4) is 0 Å². The second-order valence-corrected chi connectivity index (χ2v) is 15.9. The Labute approximate surface area is 56.1 Å². The molecule has 0 spiro atoms. The fourth-order valence-electron chi connectivity index (χ4n) is 1.28. The normalized spacial score (nSPS) is 24.6. The summed E-state index contributed by atoms with van der Waals surface area (Å²) in [5.41, 5.74) is 3.43. The van der Waals surface area contributed by atoms with Crippen LogP contribution in [0.25, 0.3) is 0 Å². The monoisotopic (exact) mass is 157 g/mol. The van der Waals surface area contributed by atoms with Gasteiger partial charge in [0.05, 0.1) is 0 Å². The first-order valence-corrected chi connectivity index (χ1v) is 11.0. The highest BCUT2D eigenvalue weighted by Gasteiger charge is 2.32. The third-order valence-corrected chi connectivity index (χ3v) is 18.8. The average molecular weight is 157 g/mol. The third kappa shape index (κ3) is 1.33. The molecule has 3 heteroatoms. The van der Waals surface area contributed by atoms with E-state index in [-0.39, 0.29) is 0 Å². The van der Waals surface area contributed by atoms with Crippen LogP contribution in [-0.2, 0) is 0 Å².